The second-order valence-corrected chi connectivity index (χ2v) is 9.74. The van der Waals surface area contributed by atoms with Crippen molar-refractivity contribution < 1.29 is 54.9 Å². The van der Waals surface area contributed by atoms with Gasteiger partial charge >= 0.3 is 24.3 Å². The first-order valence-electron chi connectivity index (χ1n) is 12.9. The Hall–Kier alpha value is -5.14. The number of piperidine rings is 1. The minimum Gasteiger partial charge on any atom is -0.475 e. The van der Waals surface area contributed by atoms with Crippen LogP contribution in [0.1, 0.15) is 13.3 Å². The van der Waals surface area contributed by atoms with Crippen molar-refractivity contribution >= 4 is 34.9 Å². The number of carbonyl (C=O) groups is 2. The van der Waals surface area contributed by atoms with Crippen LogP contribution in [0.4, 0.5) is 52.4 Å². The number of fused-ring (bicyclic) bond motifs is 1. The summed E-state index contributed by atoms with van der Waals surface area (Å²) in [6.45, 7) is 3.79. The molecule has 20 heteroatoms. The molecule has 1 aliphatic heterocycles. The molecule has 4 heterocycles. The number of aromatic nitrogens is 5. The third-order valence-electron chi connectivity index (χ3n) is 6.04. The Bertz CT molecular complexity index is 1630. The number of benzene rings is 1. The van der Waals surface area contributed by atoms with Crippen molar-refractivity contribution in [3.8, 4) is 11.3 Å². The van der Waals surface area contributed by atoms with Gasteiger partial charge in [-0.2, -0.15) is 36.0 Å². The Kier molecular flexibility index (Phi) is 11.0. The summed E-state index contributed by atoms with van der Waals surface area (Å²) in [4.78, 5) is 24.2. The minimum absolute atomic E-state index is 0.0913. The van der Waals surface area contributed by atoms with Crippen LogP contribution in [0.15, 0.2) is 48.8 Å². The maximum atomic E-state index is 14.3. The molecule has 1 fully saturated rings. The zero-order chi connectivity index (χ0) is 34.4. The van der Waals surface area contributed by atoms with Gasteiger partial charge in [0.1, 0.15) is 11.6 Å². The number of rotatable bonds is 4. The van der Waals surface area contributed by atoms with Crippen molar-refractivity contribution in [2.75, 3.05) is 23.3 Å². The van der Waals surface area contributed by atoms with Crippen LogP contribution in [-0.2, 0) is 9.59 Å². The Morgan fingerprint density at radius 1 is 0.935 bits per heavy atom. The topological polar surface area (TPSA) is 172 Å². The second kappa shape index (κ2) is 14.3. The van der Waals surface area contributed by atoms with E-state index in [1.54, 1.807) is 18.5 Å². The Labute approximate surface area is 253 Å². The summed E-state index contributed by atoms with van der Waals surface area (Å²) >= 11 is 0. The van der Waals surface area contributed by atoms with E-state index >= 15 is 0 Å². The number of hydrogen-bond acceptors (Lipinski definition) is 9. The molecule has 46 heavy (non-hydrogen) atoms. The molecule has 0 amide bonds. The van der Waals surface area contributed by atoms with E-state index < -0.39 is 35.9 Å². The van der Waals surface area contributed by atoms with Crippen molar-refractivity contribution in [3.05, 3.63) is 60.4 Å². The summed E-state index contributed by atoms with van der Waals surface area (Å²) in [7, 11) is 0. The second-order valence-electron chi connectivity index (χ2n) is 9.74. The average molecular weight is 665 g/mol. The van der Waals surface area contributed by atoms with Crippen molar-refractivity contribution in [2.24, 2.45) is 11.7 Å². The van der Waals surface area contributed by atoms with Gasteiger partial charge in [0.2, 0.25) is 0 Å². The van der Waals surface area contributed by atoms with Gasteiger partial charge in [0.15, 0.2) is 5.65 Å². The van der Waals surface area contributed by atoms with Crippen molar-refractivity contribution in [3.63, 3.8) is 0 Å². The standard InChI is InChI=1S/C22H22F2N8.2C2HF3O2/c1-13-9-14(25)12-31(11-13)19-7-8-26-10-18(19)27-22-29-28-20-6-5-17(30-32(20)22)21-15(23)3-2-4-16(21)24;2*3-2(4,5)1(6)7/h2-8,10,13-14H,9,11-12,25H2,1H3,(H,27,29);2*(H,6,7)/t13-,14+;;/m1../s1. The summed E-state index contributed by atoms with van der Waals surface area (Å²) in [6, 6.07) is 8.85. The maximum Gasteiger partial charge on any atom is 0.490 e. The van der Waals surface area contributed by atoms with E-state index in [2.05, 4.69) is 37.4 Å². The fourth-order valence-corrected chi connectivity index (χ4v) is 4.22. The molecule has 0 spiro atoms. The van der Waals surface area contributed by atoms with Gasteiger partial charge in [0.25, 0.3) is 5.95 Å². The van der Waals surface area contributed by atoms with Gasteiger partial charge in [0, 0.05) is 25.3 Å². The lowest BCUT2D eigenvalue weighted by Gasteiger charge is -2.37. The molecule has 1 aliphatic rings. The SMILES string of the molecule is C[C@@H]1C[C@H](N)CN(c2ccncc2Nc2nnc3ccc(-c4c(F)cccc4F)nn23)C1.O=C(O)C(F)(F)F.O=C(O)C(F)(F)F. The first-order valence-corrected chi connectivity index (χ1v) is 12.9. The van der Waals surface area contributed by atoms with Crippen LogP contribution in [0, 0.1) is 17.6 Å². The highest BCUT2D eigenvalue weighted by atomic mass is 19.4. The van der Waals surface area contributed by atoms with Crippen LogP contribution in [0.5, 0.6) is 0 Å². The van der Waals surface area contributed by atoms with Gasteiger partial charge in [-0.15, -0.1) is 10.2 Å². The molecule has 0 radical (unpaired) electrons. The summed E-state index contributed by atoms with van der Waals surface area (Å²) < 4.78 is 93.4. The summed E-state index contributed by atoms with van der Waals surface area (Å²) in [6.07, 6.45) is -5.76. The predicted molar refractivity (Wildman–Crippen MR) is 145 cm³/mol. The molecule has 248 valence electrons. The van der Waals surface area contributed by atoms with E-state index in [1.165, 1.54) is 28.8 Å². The minimum atomic E-state index is -5.08. The van der Waals surface area contributed by atoms with Gasteiger partial charge in [0.05, 0.1) is 28.8 Å². The van der Waals surface area contributed by atoms with Crippen LogP contribution in [-0.4, -0.2) is 78.4 Å². The number of nitrogens with one attached hydrogen (secondary N) is 1. The Morgan fingerprint density at radius 2 is 1.52 bits per heavy atom. The van der Waals surface area contributed by atoms with Crippen LogP contribution < -0.4 is 16.0 Å². The number of alkyl halides is 6. The van der Waals surface area contributed by atoms with E-state index in [4.69, 9.17) is 25.5 Å². The highest BCUT2D eigenvalue weighted by Crippen LogP contribution is 2.31. The van der Waals surface area contributed by atoms with Crippen LogP contribution in [0.2, 0.25) is 0 Å². The van der Waals surface area contributed by atoms with Crippen molar-refractivity contribution in [1.29, 1.82) is 0 Å². The van der Waals surface area contributed by atoms with Crippen molar-refractivity contribution in [2.45, 2.75) is 31.7 Å². The zero-order valence-corrected chi connectivity index (χ0v) is 23.4. The number of anilines is 3. The predicted octanol–water partition coefficient (Wildman–Crippen LogP) is 4.65. The van der Waals surface area contributed by atoms with Crippen LogP contribution >= 0.6 is 0 Å². The smallest absolute Gasteiger partial charge is 0.475 e. The lowest BCUT2D eigenvalue weighted by atomic mass is 9.96. The number of nitrogens with zero attached hydrogens (tertiary/aromatic N) is 6. The van der Waals surface area contributed by atoms with E-state index in [1.807, 2.05) is 6.07 Å². The molecule has 0 saturated carbocycles. The molecule has 3 aromatic heterocycles. The number of aliphatic carboxylic acids is 2. The van der Waals surface area contributed by atoms with E-state index in [0.29, 0.717) is 23.2 Å². The number of nitrogens with two attached hydrogens (primary N) is 1. The zero-order valence-electron chi connectivity index (χ0n) is 23.4. The third kappa shape index (κ3) is 9.19. The molecule has 5 N–H and O–H groups in total. The van der Waals surface area contributed by atoms with Gasteiger partial charge in [-0.3, -0.25) is 4.98 Å². The summed E-state index contributed by atoms with van der Waals surface area (Å²) in [5.74, 6) is -6.12. The number of carboxylic acids is 2. The van der Waals surface area contributed by atoms with Gasteiger partial charge < -0.3 is 26.2 Å². The third-order valence-corrected chi connectivity index (χ3v) is 6.04. The molecule has 0 unspecified atom stereocenters. The quantitative estimate of drug-likeness (QED) is 0.224. The fourth-order valence-electron chi connectivity index (χ4n) is 4.22. The Balaban J connectivity index is 0.000000345. The Morgan fingerprint density at radius 3 is 2.07 bits per heavy atom. The van der Waals surface area contributed by atoms with Crippen molar-refractivity contribution in [1.82, 2.24) is 24.8 Å². The van der Waals surface area contributed by atoms with Gasteiger partial charge in [-0.25, -0.2) is 18.4 Å². The average Bonchev–Trinajstić information content (AvgIpc) is 3.34. The molecule has 5 rings (SSSR count). The molecule has 0 aliphatic carbocycles. The first kappa shape index (κ1) is 35.3. The molecule has 0 bridgehead atoms. The van der Waals surface area contributed by atoms with Crippen LogP contribution in [0.3, 0.4) is 0 Å². The number of hydrogen-bond donors (Lipinski definition) is 4. The largest absolute Gasteiger partial charge is 0.490 e. The summed E-state index contributed by atoms with van der Waals surface area (Å²) in [5.41, 5.74) is 8.26. The molecule has 12 nitrogen and oxygen atoms in total. The number of carboxylic acid groups (broad SMARTS) is 2. The highest BCUT2D eigenvalue weighted by molar-refractivity contribution is 5.74. The molecular formula is C26H24F8N8O4. The maximum absolute atomic E-state index is 14.3. The number of halogens is 8. The molecule has 1 saturated heterocycles. The van der Waals surface area contributed by atoms with E-state index in [-0.39, 0.29) is 17.3 Å². The fraction of sp³-hybridized carbons (Fsp3) is 0.308. The number of pyridine rings is 1. The monoisotopic (exact) mass is 664 g/mol. The lowest BCUT2D eigenvalue weighted by Crippen LogP contribution is -2.46. The first-order chi connectivity index (χ1) is 21.4. The van der Waals surface area contributed by atoms with Gasteiger partial charge in [-0.1, -0.05) is 13.0 Å². The molecule has 2 atom stereocenters. The van der Waals surface area contributed by atoms with E-state index in [0.717, 1.165) is 25.2 Å². The summed E-state index contributed by atoms with van der Waals surface area (Å²) in [5, 5.41) is 30.1. The molecule has 4 aromatic rings. The van der Waals surface area contributed by atoms with E-state index in [9.17, 15) is 35.1 Å². The van der Waals surface area contributed by atoms with Crippen LogP contribution in [0.25, 0.3) is 16.9 Å². The molecule has 1 aromatic carbocycles. The lowest BCUT2D eigenvalue weighted by molar-refractivity contribution is -0.193. The normalized spacial score (nSPS) is 16.5. The molecular weight excluding hydrogens is 640 g/mol. The highest BCUT2D eigenvalue weighted by Gasteiger charge is 2.39. The van der Waals surface area contributed by atoms with Gasteiger partial charge in [-0.05, 0) is 42.7 Å².